The van der Waals surface area contributed by atoms with Gasteiger partial charge >= 0.3 is 0 Å². The molecule has 200 valence electrons. The van der Waals surface area contributed by atoms with E-state index in [-0.39, 0.29) is 12.4 Å². The molecular weight excluding hydrogens is 580 g/mol. The van der Waals surface area contributed by atoms with Crippen molar-refractivity contribution in [3.63, 3.8) is 0 Å². The van der Waals surface area contributed by atoms with Crippen molar-refractivity contribution in [3.05, 3.63) is 163 Å². The van der Waals surface area contributed by atoms with Crippen molar-refractivity contribution >= 4 is 64.6 Å². The van der Waals surface area contributed by atoms with Gasteiger partial charge in [-0.3, -0.25) is 0 Å². The zero-order valence-electron chi connectivity index (χ0n) is 21.3. The normalized spacial score (nSPS) is 13.7. The van der Waals surface area contributed by atoms with Crippen LogP contribution in [0, 0.1) is 0 Å². The standard InChI is InChI=1S/C33H24Cl3N3.ClH/c34-25-9-3-21(4-10-25)16-24-18-28(17-22-5-11-26(35)12-6-22)38-31(24)20-32-29(23-7-13-27(36)14-8-23)19-33(39-32)30-2-1-15-37-30;/h1-15,18-20,37-38H,16-17H2;1H. The van der Waals surface area contributed by atoms with Gasteiger partial charge in [0, 0.05) is 44.6 Å². The zero-order valence-corrected chi connectivity index (χ0v) is 24.4. The molecule has 0 saturated heterocycles. The van der Waals surface area contributed by atoms with E-state index in [2.05, 4.69) is 52.5 Å². The van der Waals surface area contributed by atoms with Gasteiger partial charge in [0.15, 0.2) is 0 Å². The van der Waals surface area contributed by atoms with E-state index >= 15 is 0 Å². The molecule has 7 heteroatoms. The Bertz CT molecular complexity index is 1690. The molecule has 2 N–H and O–H groups in total. The number of nitrogens with one attached hydrogen (secondary N) is 2. The van der Waals surface area contributed by atoms with Gasteiger partial charge in [0.25, 0.3) is 0 Å². The predicted molar refractivity (Wildman–Crippen MR) is 171 cm³/mol. The molecule has 0 atom stereocenters. The predicted octanol–water partition coefficient (Wildman–Crippen LogP) is 9.83. The molecule has 6 rings (SSSR count). The fraction of sp³-hybridized carbons (Fsp3) is 0.0606. The molecule has 5 aromatic rings. The minimum atomic E-state index is 0. The second-order valence-corrected chi connectivity index (χ2v) is 10.8. The Morgan fingerprint density at radius 3 is 1.93 bits per heavy atom. The summed E-state index contributed by atoms with van der Waals surface area (Å²) in [6.07, 6.45) is 7.71. The Labute approximate surface area is 254 Å². The lowest BCUT2D eigenvalue weighted by molar-refractivity contribution is 1.10. The minimum Gasteiger partial charge on any atom is -0.360 e. The molecule has 0 aliphatic carbocycles. The van der Waals surface area contributed by atoms with Crippen molar-refractivity contribution < 1.29 is 0 Å². The number of benzene rings is 3. The molecule has 0 saturated carbocycles. The SMILES string of the molecule is Cl.Clc1ccc(Cc2cc(Cc3ccc(Cl)cc3)c(C=C3N=C(c4ccc[nH]4)C=C3c3ccc(Cl)cc3)[nH]2)cc1. The van der Waals surface area contributed by atoms with Gasteiger partial charge in [-0.25, -0.2) is 4.99 Å². The van der Waals surface area contributed by atoms with Crippen LogP contribution >= 0.6 is 47.2 Å². The van der Waals surface area contributed by atoms with Crippen LogP contribution in [0.25, 0.3) is 11.6 Å². The van der Waals surface area contributed by atoms with Gasteiger partial charge in [-0.2, -0.15) is 0 Å². The van der Waals surface area contributed by atoms with E-state index in [0.29, 0.717) is 5.02 Å². The largest absolute Gasteiger partial charge is 0.360 e. The fourth-order valence-corrected chi connectivity index (χ4v) is 5.14. The zero-order chi connectivity index (χ0) is 26.8. The Kier molecular flexibility index (Phi) is 8.68. The van der Waals surface area contributed by atoms with Crippen LogP contribution in [0.4, 0.5) is 0 Å². The lowest BCUT2D eigenvalue weighted by Crippen LogP contribution is -1.93. The molecule has 0 unspecified atom stereocenters. The van der Waals surface area contributed by atoms with Crippen molar-refractivity contribution in [2.75, 3.05) is 0 Å². The quantitative estimate of drug-likeness (QED) is 0.186. The number of hydrogen-bond acceptors (Lipinski definition) is 1. The number of hydrogen-bond donors (Lipinski definition) is 2. The van der Waals surface area contributed by atoms with Crippen molar-refractivity contribution in [1.82, 2.24) is 9.97 Å². The van der Waals surface area contributed by atoms with Gasteiger partial charge in [0.2, 0.25) is 0 Å². The second-order valence-electron chi connectivity index (χ2n) is 9.52. The number of nitrogens with zero attached hydrogens (tertiary/aromatic N) is 1. The smallest absolute Gasteiger partial charge is 0.0878 e. The Balaban J connectivity index is 0.00000323. The lowest BCUT2D eigenvalue weighted by Gasteiger charge is -2.06. The van der Waals surface area contributed by atoms with Crippen LogP contribution < -0.4 is 0 Å². The first-order chi connectivity index (χ1) is 19.0. The van der Waals surface area contributed by atoms with Crippen molar-refractivity contribution in [3.8, 4) is 0 Å². The Hall–Kier alpha value is -3.47. The summed E-state index contributed by atoms with van der Waals surface area (Å²) in [6, 6.07) is 30.1. The molecule has 40 heavy (non-hydrogen) atoms. The highest BCUT2D eigenvalue weighted by atomic mass is 35.5. The maximum absolute atomic E-state index is 6.19. The average molecular weight is 605 g/mol. The summed E-state index contributed by atoms with van der Waals surface area (Å²) in [5.74, 6) is 0. The topological polar surface area (TPSA) is 43.9 Å². The molecule has 0 bridgehead atoms. The van der Waals surface area contributed by atoms with Gasteiger partial charge in [-0.1, -0.05) is 71.2 Å². The summed E-state index contributed by atoms with van der Waals surface area (Å²) < 4.78 is 0. The molecule has 3 heterocycles. The molecule has 0 fully saturated rings. The number of aliphatic imine (C=N–C) groups is 1. The van der Waals surface area contributed by atoms with Crippen LogP contribution in [0.15, 0.2) is 114 Å². The van der Waals surface area contributed by atoms with Crippen LogP contribution in [-0.2, 0) is 12.8 Å². The van der Waals surface area contributed by atoms with Crippen molar-refractivity contribution in [1.29, 1.82) is 0 Å². The van der Waals surface area contributed by atoms with E-state index in [0.717, 1.165) is 62.5 Å². The minimum absolute atomic E-state index is 0. The molecule has 1 aliphatic heterocycles. The molecule has 0 spiro atoms. The molecule has 2 aromatic heterocycles. The van der Waals surface area contributed by atoms with Gasteiger partial charge in [-0.05, 0) is 95.4 Å². The number of aromatic nitrogens is 2. The third kappa shape index (κ3) is 6.46. The second kappa shape index (κ2) is 12.4. The number of rotatable bonds is 7. The first kappa shape index (κ1) is 28.1. The molecule has 0 radical (unpaired) electrons. The maximum atomic E-state index is 6.19. The van der Waals surface area contributed by atoms with E-state index in [4.69, 9.17) is 39.8 Å². The van der Waals surface area contributed by atoms with Gasteiger partial charge in [0.05, 0.1) is 17.1 Å². The summed E-state index contributed by atoms with van der Waals surface area (Å²) in [6.45, 7) is 0. The van der Waals surface area contributed by atoms with Crippen LogP contribution in [0.3, 0.4) is 0 Å². The first-order valence-corrected chi connectivity index (χ1v) is 13.8. The molecule has 0 amide bonds. The van der Waals surface area contributed by atoms with E-state index < -0.39 is 0 Å². The summed E-state index contributed by atoms with van der Waals surface area (Å²) >= 11 is 18.4. The van der Waals surface area contributed by atoms with E-state index in [1.807, 2.05) is 66.9 Å². The molecular formula is C33H25Cl4N3. The average Bonchev–Trinajstić information content (AvgIpc) is 3.69. The Morgan fingerprint density at radius 2 is 1.32 bits per heavy atom. The van der Waals surface area contributed by atoms with E-state index in [9.17, 15) is 0 Å². The fourth-order valence-electron chi connectivity index (χ4n) is 4.76. The van der Waals surface area contributed by atoms with Crippen molar-refractivity contribution in [2.45, 2.75) is 12.8 Å². The summed E-state index contributed by atoms with van der Waals surface area (Å²) in [5.41, 5.74) is 10.6. The van der Waals surface area contributed by atoms with Gasteiger partial charge < -0.3 is 9.97 Å². The third-order valence-electron chi connectivity index (χ3n) is 6.71. The van der Waals surface area contributed by atoms with E-state index in [1.54, 1.807) is 0 Å². The lowest BCUT2D eigenvalue weighted by atomic mass is 10.0. The van der Waals surface area contributed by atoms with Crippen LogP contribution in [0.5, 0.6) is 0 Å². The Morgan fingerprint density at radius 1 is 0.725 bits per heavy atom. The summed E-state index contributed by atoms with van der Waals surface area (Å²) in [4.78, 5) is 12.0. The number of halogens is 4. The highest BCUT2D eigenvalue weighted by Crippen LogP contribution is 2.34. The molecule has 1 aliphatic rings. The number of H-pyrrole nitrogens is 2. The molecule has 3 nitrogen and oxygen atoms in total. The van der Waals surface area contributed by atoms with Gasteiger partial charge in [0.1, 0.15) is 0 Å². The van der Waals surface area contributed by atoms with Crippen LogP contribution in [0.2, 0.25) is 15.1 Å². The van der Waals surface area contributed by atoms with Crippen LogP contribution in [-0.4, -0.2) is 15.7 Å². The van der Waals surface area contributed by atoms with Crippen LogP contribution in [0.1, 0.15) is 39.3 Å². The maximum Gasteiger partial charge on any atom is 0.0878 e. The number of allylic oxidation sites excluding steroid dienone is 2. The first-order valence-electron chi connectivity index (χ1n) is 12.6. The summed E-state index contributed by atoms with van der Waals surface area (Å²) in [5, 5.41) is 2.17. The highest BCUT2D eigenvalue weighted by Gasteiger charge is 2.19. The van der Waals surface area contributed by atoms with Crippen molar-refractivity contribution in [2.24, 2.45) is 4.99 Å². The molecule has 3 aromatic carbocycles. The third-order valence-corrected chi connectivity index (χ3v) is 7.47. The van der Waals surface area contributed by atoms with E-state index in [1.165, 1.54) is 16.7 Å². The number of aromatic amines is 2. The summed E-state index contributed by atoms with van der Waals surface area (Å²) in [7, 11) is 0. The van der Waals surface area contributed by atoms with Gasteiger partial charge in [-0.15, -0.1) is 12.4 Å². The monoisotopic (exact) mass is 603 g/mol. The highest BCUT2D eigenvalue weighted by molar-refractivity contribution is 6.31.